The first-order valence-electron chi connectivity index (χ1n) is 8.30. The van der Waals surface area contributed by atoms with Crippen LogP contribution in [0.3, 0.4) is 0 Å². The van der Waals surface area contributed by atoms with Crippen LogP contribution in [0.25, 0.3) is 11.0 Å². The molecule has 24 heavy (non-hydrogen) atoms. The molecule has 4 heteroatoms. The maximum atomic E-state index is 12.8. The van der Waals surface area contributed by atoms with E-state index in [0.717, 1.165) is 48.2 Å². The number of ether oxygens (including phenoxy) is 1. The van der Waals surface area contributed by atoms with Crippen LogP contribution in [0.15, 0.2) is 59.0 Å². The number of likely N-dealkylation sites (tertiary alicyclic amines) is 1. The van der Waals surface area contributed by atoms with Crippen molar-refractivity contribution in [3.05, 3.63) is 65.9 Å². The highest BCUT2D eigenvalue weighted by molar-refractivity contribution is 5.99. The average Bonchev–Trinajstić information content (AvgIpc) is 3.28. The second kappa shape index (κ2) is 6.40. The van der Waals surface area contributed by atoms with Gasteiger partial charge in [-0.05, 0) is 31.0 Å². The molecule has 122 valence electrons. The van der Waals surface area contributed by atoms with Crippen molar-refractivity contribution in [2.75, 3.05) is 13.1 Å². The summed E-state index contributed by atoms with van der Waals surface area (Å²) in [6.45, 7) is 1.92. The van der Waals surface area contributed by atoms with E-state index in [1.807, 2.05) is 59.5 Å². The molecule has 0 unspecified atom stereocenters. The highest BCUT2D eigenvalue weighted by Crippen LogP contribution is 2.29. The molecular formula is C20H19NO3. The Hall–Kier alpha value is -2.75. The molecule has 1 aliphatic heterocycles. The molecule has 2 heterocycles. The lowest BCUT2D eigenvalue weighted by Gasteiger charge is -2.14. The van der Waals surface area contributed by atoms with Gasteiger partial charge in [0.15, 0.2) is 5.76 Å². The van der Waals surface area contributed by atoms with Crippen LogP contribution < -0.4 is 4.74 Å². The smallest absolute Gasteiger partial charge is 0.290 e. The molecule has 0 atom stereocenters. The van der Waals surface area contributed by atoms with E-state index in [4.69, 9.17) is 9.15 Å². The summed E-state index contributed by atoms with van der Waals surface area (Å²) in [6, 6.07) is 17.4. The topological polar surface area (TPSA) is 42.7 Å². The Kier molecular flexibility index (Phi) is 3.95. The number of rotatable bonds is 4. The highest BCUT2D eigenvalue weighted by Gasteiger charge is 2.27. The number of fused-ring (bicyclic) bond motifs is 1. The van der Waals surface area contributed by atoms with Gasteiger partial charge in [0, 0.05) is 24.0 Å². The standard InChI is InChI=1S/C20H19NO3/c22-20(21-12-6-7-13-21)19-17(14-23-15-8-2-1-3-9-15)16-10-4-5-11-18(16)24-19/h1-5,8-11H,6-7,12-14H2. The summed E-state index contributed by atoms with van der Waals surface area (Å²) < 4.78 is 11.8. The fraction of sp³-hybridized carbons (Fsp3) is 0.250. The van der Waals surface area contributed by atoms with Crippen LogP contribution in [0.5, 0.6) is 5.75 Å². The second-order valence-corrected chi connectivity index (χ2v) is 6.01. The molecule has 1 aliphatic rings. The molecule has 1 aromatic heterocycles. The molecule has 0 spiro atoms. The third kappa shape index (κ3) is 2.75. The van der Waals surface area contributed by atoms with E-state index in [2.05, 4.69) is 0 Å². The number of amides is 1. The predicted octanol–water partition coefficient (Wildman–Crippen LogP) is 4.25. The van der Waals surface area contributed by atoms with E-state index >= 15 is 0 Å². The SMILES string of the molecule is O=C(c1oc2ccccc2c1COc1ccccc1)N1CCCC1. The Balaban J connectivity index is 1.68. The summed E-state index contributed by atoms with van der Waals surface area (Å²) in [4.78, 5) is 14.7. The first kappa shape index (κ1) is 14.8. The summed E-state index contributed by atoms with van der Waals surface area (Å²) in [5, 5.41) is 0.941. The number of benzene rings is 2. The maximum absolute atomic E-state index is 12.8. The molecule has 0 N–H and O–H groups in total. The van der Waals surface area contributed by atoms with Gasteiger partial charge >= 0.3 is 0 Å². The summed E-state index contributed by atoms with van der Waals surface area (Å²) in [7, 11) is 0. The van der Waals surface area contributed by atoms with Gasteiger partial charge in [-0.2, -0.15) is 0 Å². The zero-order valence-corrected chi connectivity index (χ0v) is 13.4. The van der Waals surface area contributed by atoms with Crippen LogP contribution in [0, 0.1) is 0 Å². The summed E-state index contributed by atoms with van der Waals surface area (Å²) in [5.41, 5.74) is 1.55. The monoisotopic (exact) mass is 321 g/mol. The second-order valence-electron chi connectivity index (χ2n) is 6.01. The molecule has 0 aliphatic carbocycles. The number of carbonyl (C=O) groups is 1. The lowest BCUT2D eigenvalue weighted by Crippen LogP contribution is -2.28. The Morgan fingerprint density at radius 1 is 1.00 bits per heavy atom. The number of nitrogens with zero attached hydrogens (tertiary/aromatic N) is 1. The lowest BCUT2D eigenvalue weighted by atomic mass is 10.1. The zero-order chi connectivity index (χ0) is 16.4. The third-order valence-corrected chi connectivity index (χ3v) is 4.41. The normalized spacial score (nSPS) is 14.2. The van der Waals surface area contributed by atoms with Crippen molar-refractivity contribution in [2.24, 2.45) is 0 Å². The van der Waals surface area contributed by atoms with Crippen molar-refractivity contribution in [3.8, 4) is 5.75 Å². The number of para-hydroxylation sites is 2. The van der Waals surface area contributed by atoms with Crippen molar-refractivity contribution in [3.63, 3.8) is 0 Å². The van der Waals surface area contributed by atoms with Gasteiger partial charge in [-0.25, -0.2) is 0 Å². The van der Waals surface area contributed by atoms with Gasteiger partial charge in [0.25, 0.3) is 5.91 Å². The van der Waals surface area contributed by atoms with Crippen LogP contribution in [-0.4, -0.2) is 23.9 Å². The fourth-order valence-electron chi connectivity index (χ4n) is 3.15. The Labute approximate surface area is 140 Å². The van der Waals surface area contributed by atoms with E-state index in [-0.39, 0.29) is 5.91 Å². The van der Waals surface area contributed by atoms with Crippen molar-refractivity contribution < 1.29 is 13.9 Å². The van der Waals surface area contributed by atoms with Gasteiger partial charge < -0.3 is 14.1 Å². The number of hydrogen-bond acceptors (Lipinski definition) is 3. The third-order valence-electron chi connectivity index (χ3n) is 4.41. The zero-order valence-electron chi connectivity index (χ0n) is 13.4. The minimum Gasteiger partial charge on any atom is -0.489 e. The molecule has 1 amide bonds. The number of hydrogen-bond donors (Lipinski definition) is 0. The molecule has 1 fully saturated rings. The van der Waals surface area contributed by atoms with E-state index in [1.54, 1.807) is 0 Å². The van der Waals surface area contributed by atoms with E-state index in [1.165, 1.54) is 0 Å². The molecular weight excluding hydrogens is 302 g/mol. The van der Waals surface area contributed by atoms with Gasteiger partial charge in [-0.1, -0.05) is 36.4 Å². The van der Waals surface area contributed by atoms with Gasteiger partial charge in [-0.15, -0.1) is 0 Å². The van der Waals surface area contributed by atoms with E-state index in [0.29, 0.717) is 12.4 Å². The first-order chi connectivity index (χ1) is 11.8. The van der Waals surface area contributed by atoms with Crippen molar-refractivity contribution in [1.82, 2.24) is 4.90 Å². The number of carbonyl (C=O) groups excluding carboxylic acids is 1. The largest absolute Gasteiger partial charge is 0.489 e. The Bertz CT molecular complexity index is 848. The number of furan rings is 1. The Morgan fingerprint density at radius 2 is 1.71 bits per heavy atom. The highest BCUT2D eigenvalue weighted by atomic mass is 16.5. The predicted molar refractivity (Wildman–Crippen MR) is 92.1 cm³/mol. The van der Waals surface area contributed by atoms with Crippen LogP contribution >= 0.6 is 0 Å². The van der Waals surface area contributed by atoms with Crippen molar-refractivity contribution in [1.29, 1.82) is 0 Å². The van der Waals surface area contributed by atoms with Crippen molar-refractivity contribution >= 4 is 16.9 Å². The minimum absolute atomic E-state index is 0.0321. The van der Waals surface area contributed by atoms with Crippen LogP contribution in [-0.2, 0) is 6.61 Å². The Morgan fingerprint density at radius 3 is 2.50 bits per heavy atom. The molecule has 0 radical (unpaired) electrons. The van der Waals surface area contributed by atoms with E-state index in [9.17, 15) is 4.79 Å². The summed E-state index contributed by atoms with van der Waals surface area (Å²) >= 11 is 0. The molecule has 0 saturated carbocycles. The summed E-state index contributed by atoms with van der Waals surface area (Å²) in [5.74, 6) is 1.16. The summed E-state index contributed by atoms with van der Waals surface area (Å²) in [6.07, 6.45) is 2.11. The molecule has 2 aromatic carbocycles. The fourth-order valence-corrected chi connectivity index (χ4v) is 3.15. The average molecular weight is 321 g/mol. The first-order valence-corrected chi connectivity index (χ1v) is 8.30. The van der Waals surface area contributed by atoms with Gasteiger partial charge in [0.05, 0.1) is 0 Å². The van der Waals surface area contributed by atoms with Crippen LogP contribution in [0.2, 0.25) is 0 Å². The van der Waals surface area contributed by atoms with Crippen LogP contribution in [0.4, 0.5) is 0 Å². The molecule has 3 aromatic rings. The van der Waals surface area contributed by atoms with Crippen LogP contribution in [0.1, 0.15) is 29.0 Å². The molecule has 0 bridgehead atoms. The minimum atomic E-state index is -0.0321. The molecule has 1 saturated heterocycles. The maximum Gasteiger partial charge on any atom is 0.290 e. The van der Waals surface area contributed by atoms with Crippen molar-refractivity contribution in [2.45, 2.75) is 19.4 Å². The molecule has 4 nitrogen and oxygen atoms in total. The van der Waals surface area contributed by atoms with Gasteiger partial charge in [-0.3, -0.25) is 4.79 Å². The van der Waals surface area contributed by atoms with Gasteiger partial charge in [0.1, 0.15) is 17.9 Å². The van der Waals surface area contributed by atoms with E-state index < -0.39 is 0 Å². The quantitative estimate of drug-likeness (QED) is 0.721. The van der Waals surface area contributed by atoms with Gasteiger partial charge in [0.2, 0.25) is 0 Å². The lowest BCUT2D eigenvalue weighted by molar-refractivity contribution is 0.0760. The molecule has 4 rings (SSSR count).